The second-order valence-corrected chi connectivity index (χ2v) is 4.63. The molecular weight excluding hydrogens is 214 g/mol. The second kappa shape index (κ2) is 4.56. The van der Waals surface area contributed by atoms with Crippen molar-refractivity contribution in [2.75, 3.05) is 5.32 Å². The highest BCUT2D eigenvalue weighted by Crippen LogP contribution is 2.32. The molecule has 1 amide bonds. The van der Waals surface area contributed by atoms with Crippen LogP contribution >= 0.6 is 0 Å². The molecule has 0 saturated heterocycles. The molecule has 1 saturated carbocycles. The molecule has 3 N–H and O–H groups in total. The van der Waals surface area contributed by atoms with Gasteiger partial charge in [0.2, 0.25) is 5.91 Å². The topological polar surface area (TPSA) is 78.9 Å². The van der Waals surface area contributed by atoms with E-state index in [0.29, 0.717) is 17.7 Å². The van der Waals surface area contributed by atoms with Crippen LogP contribution in [0.25, 0.3) is 0 Å². The Kier molecular flexibility index (Phi) is 3.12. The fraction of sp³-hybridized carbons (Fsp3) is 0.385. The summed E-state index contributed by atoms with van der Waals surface area (Å²) in [6.45, 7) is 0. The highest BCUT2D eigenvalue weighted by molar-refractivity contribution is 5.91. The Balaban J connectivity index is 1.91. The van der Waals surface area contributed by atoms with Gasteiger partial charge in [-0.05, 0) is 43.5 Å². The largest absolute Gasteiger partial charge is 0.326 e. The fourth-order valence-corrected chi connectivity index (χ4v) is 1.96. The Morgan fingerprint density at radius 2 is 2.06 bits per heavy atom. The summed E-state index contributed by atoms with van der Waals surface area (Å²) in [5, 5.41) is 11.4. The maximum Gasteiger partial charge on any atom is 0.226 e. The Morgan fingerprint density at radius 3 is 2.53 bits per heavy atom. The Hall–Kier alpha value is -1.86. The van der Waals surface area contributed by atoms with E-state index in [2.05, 4.69) is 5.32 Å². The Bertz CT molecular complexity index is 455. The molecule has 0 spiro atoms. The molecule has 4 nitrogen and oxygen atoms in total. The van der Waals surface area contributed by atoms with Crippen LogP contribution in [0.2, 0.25) is 0 Å². The first-order valence-electron chi connectivity index (χ1n) is 5.70. The van der Waals surface area contributed by atoms with Crippen molar-refractivity contribution >= 4 is 11.6 Å². The first kappa shape index (κ1) is 11.6. The summed E-state index contributed by atoms with van der Waals surface area (Å²) in [4.78, 5) is 11.7. The molecule has 1 aromatic carbocycles. The van der Waals surface area contributed by atoms with Crippen molar-refractivity contribution < 1.29 is 4.79 Å². The Morgan fingerprint density at radius 1 is 1.41 bits per heavy atom. The Labute approximate surface area is 100 Å². The van der Waals surface area contributed by atoms with Gasteiger partial charge in [0.15, 0.2) is 0 Å². The number of rotatable bonds is 3. The molecule has 0 unspecified atom stereocenters. The maximum absolute atomic E-state index is 11.7. The minimum Gasteiger partial charge on any atom is -0.326 e. The van der Waals surface area contributed by atoms with E-state index in [4.69, 9.17) is 11.0 Å². The predicted molar refractivity (Wildman–Crippen MR) is 65.2 cm³/mol. The van der Waals surface area contributed by atoms with Gasteiger partial charge in [-0.1, -0.05) is 0 Å². The number of nitrogens with zero attached hydrogens (tertiary/aromatic N) is 1. The van der Waals surface area contributed by atoms with Gasteiger partial charge in [-0.15, -0.1) is 0 Å². The van der Waals surface area contributed by atoms with E-state index in [1.54, 1.807) is 24.3 Å². The van der Waals surface area contributed by atoms with E-state index in [1.165, 1.54) is 0 Å². The maximum atomic E-state index is 11.7. The zero-order valence-corrected chi connectivity index (χ0v) is 9.57. The molecule has 0 aliphatic heterocycles. The minimum absolute atomic E-state index is 0.0584. The van der Waals surface area contributed by atoms with Crippen molar-refractivity contribution in [3.05, 3.63) is 29.8 Å². The van der Waals surface area contributed by atoms with Gasteiger partial charge in [0.25, 0.3) is 0 Å². The normalized spacial score (nSPS) is 16.7. The number of nitrogens with two attached hydrogens (primary N) is 1. The predicted octanol–water partition coefficient (Wildman–Crippen LogP) is 1.77. The number of carbonyl (C=O) groups excluding carboxylic acids is 1. The lowest BCUT2D eigenvalue weighted by Gasteiger charge is -2.37. The van der Waals surface area contributed by atoms with Crippen molar-refractivity contribution in [1.82, 2.24) is 0 Å². The van der Waals surface area contributed by atoms with Gasteiger partial charge in [-0.3, -0.25) is 4.79 Å². The SMILES string of the molecule is N#Cc1ccc(NC(=O)CC2(N)CCC2)cc1. The van der Waals surface area contributed by atoms with Crippen LogP contribution in [0.1, 0.15) is 31.2 Å². The molecule has 2 rings (SSSR count). The van der Waals surface area contributed by atoms with Gasteiger partial charge < -0.3 is 11.1 Å². The molecule has 1 aromatic rings. The number of hydrogen-bond acceptors (Lipinski definition) is 3. The summed E-state index contributed by atoms with van der Waals surface area (Å²) in [7, 11) is 0. The zero-order valence-electron chi connectivity index (χ0n) is 9.57. The van der Waals surface area contributed by atoms with E-state index >= 15 is 0 Å². The van der Waals surface area contributed by atoms with E-state index in [1.807, 2.05) is 6.07 Å². The highest BCUT2D eigenvalue weighted by Gasteiger charge is 2.34. The number of nitrogens with one attached hydrogen (secondary N) is 1. The summed E-state index contributed by atoms with van der Waals surface area (Å²) in [5.41, 5.74) is 6.99. The average molecular weight is 229 g/mol. The number of benzene rings is 1. The van der Waals surface area contributed by atoms with Crippen LogP contribution in [-0.4, -0.2) is 11.4 Å². The van der Waals surface area contributed by atoms with Crippen molar-refractivity contribution in [3.8, 4) is 6.07 Å². The van der Waals surface area contributed by atoms with Gasteiger partial charge >= 0.3 is 0 Å². The molecule has 1 fully saturated rings. The third-order valence-corrected chi connectivity index (χ3v) is 3.16. The summed E-state index contributed by atoms with van der Waals surface area (Å²) in [6.07, 6.45) is 3.33. The van der Waals surface area contributed by atoms with Crippen molar-refractivity contribution in [1.29, 1.82) is 5.26 Å². The number of anilines is 1. The number of carbonyl (C=O) groups is 1. The molecule has 0 radical (unpaired) electrons. The lowest BCUT2D eigenvalue weighted by atomic mass is 9.75. The zero-order chi connectivity index (χ0) is 12.3. The minimum atomic E-state index is -0.295. The van der Waals surface area contributed by atoms with Gasteiger partial charge in [-0.2, -0.15) is 5.26 Å². The van der Waals surface area contributed by atoms with E-state index in [9.17, 15) is 4.79 Å². The molecule has 1 aliphatic rings. The van der Waals surface area contributed by atoms with E-state index < -0.39 is 0 Å². The molecule has 17 heavy (non-hydrogen) atoms. The van der Waals surface area contributed by atoms with Crippen LogP contribution in [0.4, 0.5) is 5.69 Å². The molecule has 0 atom stereocenters. The standard InChI is InChI=1S/C13H15N3O/c14-9-10-2-4-11(5-3-10)16-12(17)8-13(15)6-1-7-13/h2-5H,1,6-8,15H2,(H,16,17). The van der Waals surface area contributed by atoms with Gasteiger partial charge in [-0.25, -0.2) is 0 Å². The van der Waals surface area contributed by atoms with Crippen LogP contribution in [-0.2, 0) is 4.79 Å². The molecule has 0 aromatic heterocycles. The first-order chi connectivity index (χ1) is 8.11. The molecule has 4 heteroatoms. The number of hydrogen-bond donors (Lipinski definition) is 2. The third-order valence-electron chi connectivity index (χ3n) is 3.16. The number of nitriles is 1. The summed E-state index contributed by atoms with van der Waals surface area (Å²) >= 11 is 0. The van der Waals surface area contributed by atoms with Crippen molar-refractivity contribution in [2.45, 2.75) is 31.2 Å². The fourth-order valence-electron chi connectivity index (χ4n) is 1.96. The monoisotopic (exact) mass is 229 g/mol. The van der Waals surface area contributed by atoms with E-state index in [-0.39, 0.29) is 11.4 Å². The van der Waals surface area contributed by atoms with Crippen LogP contribution in [0.5, 0.6) is 0 Å². The van der Waals surface area contributed by atoms with Crippen LogP contribution in [0, 0.1) is 11.3 Å². The van der Waals surface area contributed by atoms with Gasteiger partial charge in [0, 0.05) is 17.6 Å². The molecule has 1 aliphatic carbocycles. The second-order valence-electron chi connectivity index (χ2n) is 4.63. The molecular formula is C13H15N3O. The lowest BCUT2D eigenvalue weighted by Crippen LogP contribution is -2.48. The molecule has 88 valence electrons. The quantitative estimate of drug-likeness (QED) is 0.829. The summed E-state index contributed by atoms with van der Waals surface area (Å²) < 4.78 is 0. The van der Waals surface area contributed by atoms with Gasteiger partial charge in [0.1, 0.15) is 0 Å². The molecule has 0 heterocycles. The first-order valence-corrected chi connectivity index (χ1v) is 5.70. The van der Waals surface area contributed by atoms with Crippen molar-refractivity contribution in [3.63, 3.8) is 0 Å². The molecule has 0 bridgehead atoms. The van der Waals surface area contributed by atoms with Gasteiger partial charge in [0.05, 0.1) is 11.6 Å². The third kappa shape index (κ3) is 2.83. The van der Waals surface area contributed by atoms with Crippen LogP contribution < -0.4 is 11.1 Å². The summed E-state index contributed by atoms with van der Waals surface area (Å²) in [5.74, 6) is -0.0584. The number of amides is 1. The average Bonchev–Trinajstić information content (AvgIpc) is 2.28. The summed E-state index contributed by atoms with van der Waals surface area (Å²) in [6, 6.07) is 8.83. The van der Waals surface area contributed by atoms with Crippen LogP contribution in [0.15, 0.2) is 24.3 Å². The lowest BCUT2D eigenvalue weighted by molar-refractivity contribution is -0.118. The highest BCUT2D eigenvalue weighted by atomic mass is 16.1. The van der Waals surface area contributed by atoms with Crippen molar-refractivity contribution in [2.24, 2.45) is 5.73 Å². The van der Waals surface area contributed by atoms with Crippen LogP contribution in [0.3, 0.4) is 0 Å². The van der Waals surface area contributed by atoms with E-state index in [0.717, 1.165) is 19.3 Å². The smallest absolute Gasteiger partial charge is 0.226 e.